The van der Waals surface area contributed by atoms with Gasteiger partial charge in [0.05, 0.1) is 0 Å². The molecule has 0 bridgehead atoms. The van der Waals surface area contributed by atoms with Crippen molar-refractivity contribution in [3.63, 3.8) is 0 Å². The smallest absolute Gasteiger partial charge is 0.152 e. The lowest BCUT2D eigenvalue weighted by Crippen LogP contribution is -2.50. The van der Waals surface area contributed by atoms with Crippen LogP contribution in [-0.2, 0) is 4.89 Å². The zero-order valence-electron chi connectivity index (χ0n) is 8.13. The number of nitrogens with two attached hydrogens (primary N) is 1. The first kappa shape index (κ1) is 9.96. The van der Waals surface area contributed by atoms with E-state index in [4.69, 9.17) is 11.0 Å². The summed E-state index contributed by atoms with van der Waals surface area (Å²) in [6.07, 6.45) is 2.61. The van der Waals surface area contributed by atoms with Crippen LogP contribution in [0, 0.1) is 11.3 Å². The molecule has 1 saturated carbocycles. The maximum absolute atomic E-state index is 8.68. The molecule has 3 heteroatoms. The molecule has 0 amide bonds. The summed E-state index contributed by atoms with van der Waals surface area (Å²) in [5, 5.41) is 8.68. The lowest BCUT2D eigenvalue weighted by molar-refractivity contribution is -0.339. The molecule has 0 heterocycles. The number of hydrogen-bond donors (Lipinski definition) is 2. The zero-order valence-corrected chi connectivity index (χ0v) is 8.13. The topological polar surface area (TPSA) is 55.5 Å². The Morgan fingerprint density at radius 3 is 2.42 bits per heavy atom. The van der Waals surface area contributed by atoms with Crippen molar-refractivity contribution in [2.45, 2.75) is 45.8 Å². The molecule has 0 aromatic rings. The van der Waals surface area contributed by atoms with Gasteiger partial charge in [-0.05, 0) is 30.6 Å². The third-order valence-electron chi connectivity index (χ3n) is 2.55. The van der Waals surface area contributed by atoms with Crippen molar-refractivity contribution in [2.75, 3.05) is 0 Å². The Bertz CT molecular complexity index is 170. The summed E-state index contributed by atoms with van der Waals surface area (Å²) in [7, 11) is 0. The molecule has 2 atom stereocenters. The van der Waals surface area contributed by atoms with Crippen molar-refractivity contribution in [1.29, 1.82) is 0 Å². The normalized spacial score (nSPS) is 41.2. The molecule has 0 aromatic heterocycles. The average molecular weight is 173 g/mol. The number of hydrogen-bond acceptors (Lipinski definition) is 3. The van der Waals surface area contributed by atoms with Crippen molar-refractivity contribution >= 4 is 0 Å². The summed E-state index contributed by atoms with van der Waals surface area (Å²) in [4.78, 5) is 4.36. The zero-order chi connectivity index (χ0) is 9.41. The van der Waals surface area contributed by atoms with E-state index in [0.29, 0.717) is 5.92 Å². The van der Waals surface area contributed by atoms with E-state index in [1.807, 2.05) is 0 Å². The second kappa shape index (κ2) is 2.98. The molecule has 2 unspecified atom stereocenters. The van der Waals surface area contributed by atoms with E-state index in [-0.39, 0.29) is 5.41 Å². The van der Waals surface area contributed by atoms with Gasteiger partial charge < -0.3 is 5.73 Å². The first-order chi connectivity index (χ1) is 5.37. The molecule has 1 rings (SSSR count). The minimum atomic E-state index is -0.818. The van der Waals surface area contributed by atoms with E-state index in [1.165, 1.54) is 0 Å². The summed E-state index contributed by atoms with van der Waals surface area (Å²) in [5.74, 6) is 0.519. The van der Waals surface area contributed by atoms with Crippen molar-refractivity contribution in [3.8, 4) is 0 Å². The standard InChI is InChI=1S/C9H19NO2/c1-7-4-8(2,3)6-9(10,5-7)12-11/h7,11H,4-6,10H2,1-3H3. The molecule has 1 aliphatic rings. The van der Waals surface area contributed by atoms with Crippen LogP contribution in [0.5, 0.6) is 0 Å². The molecule has 12 heavy (non-hydrogen) atoms. The average Bonchev–Trinajstić information content (AvgIpc) is 1.82. The molecule has 72 valence electrons. The van der Waals surface area contributed by atoms with Crippen molar-refractivity contribution < 1.29 is 10.1 Å². The second-order valence-corrected chi connectivity index (χ2v) is 5.01. The van der Waals surface area contributed by atoms with Crippen LogP contribution in [0.3, 0.4) is 0 Å². The maximum atomic E-state index is 8.68. The van der Waals surface area contributed by atoms with Gasteiger partial charge in [-0.1, -0.05) is 20.8 Å². The first-order valence-corrected chi connectivity index (χ1v) is 4.48. The Morgan fingerprint density at radius 1 is 1.42 bits per heavy atom. The second-order valence-electron chi connectivity index (χ2n) is 5.01. The Kier molecular flexibility index (Phi) is 2.47. The van der Waals surface area contributed by atoms with E-state index >= 15 is 0 Å². The number of rotatable bonds is 1. The van der Waals surface area contributed by atoms with Gasteiger partial charge in [-0.25, -0.2) is 10.1 Å². The minimum Gasteiger partial charge on any atom is -0.301 e. The lowest BCUT2D eigenvalue weighted by Gasteiger charge is -2.43. The van der Waals surface area contributed by atoms with E-state index in [1.54, 1.807) is 0 Å². The van der Waals surface area contributed by atoms with Gasteiger partial charge in [-0.15, -0.1) is 0 Å². The fraction of sp³-hybridized carbons (Fsp3) is 1.00. The van der Waals surface area contributed by atoms with Crippen LogP contribution in [0.4, 0.5) is 0 Å². The third kappa shape index (κ3) is 2.19. The van der Waals surface area contributed by atoms with E-state index in [2.05, 4.69) is 25.7 Å². The van der Waals surface area contributed by atoms with Gasteiger partial charge in [0, 0.05) is 0 Å². The predicted molar refractivity (Wildman–Crippen MR) is 47.4 cm³/mol. The molecule has 0 spiro atoms. The van der Waals surface area contributed by atoms with E-state index in [9.17, 15) is 0 Å². The third-order valence-corrected chi connectivity index (χ3v) is 2.55. The largest absolute Gasteiger partial charge is 0.301 e. The summed E-state index contributed by atoms with van der Waals surface area (Å²) < 4.78 is 0. The highest BCUT2D eigenvalue weighted by Gasteiger charge is 2.41. The monoisotopic (exact) mass is 173 g/mol. The molecular formula is C9H19NO2. The summed E-state index contributed by atoms with van der Waals surface area (Å²) in [6.45, 7) is 6.45. The Morgan fingerprint density at radius 2 is 2.00 bits per heavy atom. The molecule has 3 nitrogen and oxygen atoms in total. The Hall–Kier alpha value is -0.120. The maximum Gasteiger partial charge on any atom is 0.152 e. The lowest BCUT2D eigenvalue weighted by atomic mass is 9.69. The van der Waals surface area contributed by atoms with Crippen LogP contribution < -0.4 is 5.73 Å². The Labute approximate surface area is 73.8 Å². The van der Waals surface area contributed by atoms with Crippen molar-refractivity contribution in [1.82, 2.24) is 0 Å². The van der Waals surface area contributed by atoms with E-state index in [0.717, 1.165) is 19.3 Å². The molecule has 1 fully saturated rings. The summed E-state index contributed by atoms with van der Waals surface area (Å²) >= 11 is 0. The molecule has 0 radical (unpaired) electrons. The molecule has 3 N–H and O–H groups in total. The van der Waals surface area contributed by atoms with Crippen LogP contribution >= 0.6 is 0 Å². The van der Waals surface area contributed by atoms with E-state index < -0.39 is 5.72 Å². The fourth-order valence-electron chi connectivity index (χ4n) is 2.63. The van der Waals surface area contributed by atoms with Gasteiger partial charge in [0.15, 0.2) is 5.72 Å². The highest BCUT2D eigenvalue weighted by atomic mass is 17.1. The van der Waals surface area contributed by atoms with Gasteiger partial charge in [0.1, 0.15) is 0 Å². The van der Waals surface area contributed by atoms with Crippen LogP contribution in [0.1, 0.15) is 40.0 Å². The van der Waals surface area contributed by atoms with Gasteiger partial charge in [-0.2, -0.15) is 0 Å². The minimum absolute atomic E-state index is 0.176. The van der Waals surface area contributed by atoms with Crippen LogP contribution in [0.2, 0.25) is 0 Å². The van der Waals surface area contributed by atoms with Gasteiger partial charge in [0.2, 0.25) is 0 Å². The van der Waals surface area contributed by atoms with Crippen LogP contribution in [0.25, 0.3) is 0 Å². The molecule has 0 aliphatic heterocycles. The molecule has 1 aliphatic carbocycles. The van der Waals surface area contributed by atoms with Crippen molar-refractivity contribution in [2.24, 2.45) is 17.1 Å². The highest BCUT2D eigenvalue weighted by molar-refractivity contribution is 4.89. The first-order valence-electron chi connectivity index (χ1n) is 4.48. The summed E-state index contributed by atoms with van der Waals surface area (Å²) in [6, 6.07) is 0. The molecule has 0 aromatic carbocycles. The van der Waals surface area contributed by atoms with Gasteiger partial charge in [-0.3, -0.25) is 0 Å². The van der Waals surface area contributed by atoms with Crippen LogP contribution in [-0.4, -0.2) is 11.0 Å². The highest BCUT2D eigenvalue weighted by Crippen LogP contribution is 2.42. The predicted octanol–water partition coefficient (Wildman–Crippen LogP) is 1.98. The summed E-state index contributed by atoms with van der Waals surface area (Å²) in [5.41, 5.74) is 5.21. The SMILES string of the molecule is CC1CC(C)(C)CC(N)(OO)C1. The van der Waals surface area contributed by atoms with Crippen molar-refractivity contribution in [3.05, 3.63) is 0 Å². The van der Waals surface area contributed by atoms with Crippen LogP contribution in [0.15, 0.2) is 0 Å². The van der Waals surface area contributed by atoms with Gasteiger partial charge in [0.25, 0.3) is 0 Å². The van der Waals surface area contributed by atoms with Gasteiger partial charge >= 0.3 is 0 Å². The molecular weight excluding hydrogens is 154 g/mol. The molecule has 0 saturated heterocycles. The quantitative estimate of drug-likeness (QED) is 0.362. The Balaban J connectivity index is 2.70. The fourth-order valence-corrected chi connectivity index (χ4v) is 2.63.